The molecule has 0 aliphatic carbocycles. The number of hydrogen-bond acceptors (Lipinski definition) is 6. The van der Waals surface area contributed by atoms with E-state index in [0.717, 1.165) is 27.3 Å². The Morgan fingerprint density at radius 2 is 1.80 bits per heavy atom. The second kappa shape index (κ2) is 5.86. The van der Waals surface area contributed by atoms with Crippen molar-refractivity contribution in [2.24, 2.45) is 0 Å². The van der Waals surface area contributed by atoms with Crippen molar-refractivity contribution in [2.75, 3.05) is 6.61 Å². The van der Waals surface area contributed by atoms with E-state index in [9.17, 15) is 0 Å². The molecule has 0 spiro atoms. The van der Waals surface area contributed by atoms with Gasteiger partial charge in [-0.25, -0.2) is 0 Å². The zero-order valence-electron chi connectivity index (χ0n) is 13.2. The van der Waals surface area contributed by atoms with E-state index in [0.29, 0.717) is 13.0 Å². The average Bonchev–Trinajstić information content (AvgIpc) is 3.24. The van der Waals surface area contributed by atoms with Gasteiger partial charge in [-0.15, -0.1) is 10.2 Å². The minimum absolute atomic E-state index is 0.230. The Morgan fingerprint density at radius 3 is 2.68 bits per heavy atom. The van der Waals surface area contributed by atoms with Gasteiger partial charge >= 0.3 is 0 Å². The maximum Gasteiger partial charge on any atom is 0.234 e. The lowest BCUT2D eigenvalue weighted by Gasteiger charge is -2.24. The number of para-hydroxylation sites is 2. The molecule has 1 aliphatic heterocycles. The molecule has 5 rings (SSSR count). The smallest absolute Gasteiger partial charge is 0.234 e. The highest BCUT2D eigenvalue weighted by molar-refractivity contribution is 7.16. The van der Waals surface area contributed by atoms with Gasteiger partial charge in [0.2, 0.25) is 4.96 Å². The first-order valence-corrected chi connectivity index (χ1v) is 8.82. The van der Waals surface area contributed by atoms with Crippen molar-refractivity contribution >= 4 is 16.3 Å². The predicted molar refractivity (Wildman–Crippen MR) is 93.2 cm³/mol. The first-order chi connectivity index (χ1) is 12.4. The molecule has 7 heteroatoms. The summed E-state index contributed by atoms with van der Waals surface area (Å²) >= 11 is 1.48. The molecule has 0 N–H and O–H groups in total. The lowest BCUT2D eigenvalue weighted by Crippen LogP contribution is -2.21. The zero-order chi connectivity index (χ0) is 16.6. The van der Waals surface area contributed by atoms with Gasteiger partial charge in [0.1, 0.15) is 6.61 Å². The van der Waals surface area contributed by atoms with E-state index in [1.165, 1.54) is 16.9 Å². The maximum absolute atomic E-state index is 6.04. The highest BCUT2D eigenvalue weighted by Crippen LogP contribution is 2.36. The molecule has 1 aliphatic rings. The number of aromatic nitrogens is 4. The molecule has 6 nitrogen and oxygen atoms in total. The van der Waals surface area contributed by atoms with Gasteiger partial charge in [-0.1, -0.05) is 53.8 Å². The summed E-state index contributed by atoms with van der Waals surface area (Å²) in [6.45, 7) is 0.440. The van der Waals surface area contributed by atoms with Crippen LogP contribution in [0.15, 0.2) is 54.6 Å². The molecule has 0 saturated heterocycles. The van der Waals surface area contributed by atoms with Crippen LogP contribution in [0.4, 0.5) is 0 Å². The lowest BCUT2D eigenvalue weighted by molar-refractivity contribution is 0.0904. The predicted octanol–water partition coefficient (Wildman–Crippen LogP) is 3.29. The van der Waals surface area contributed by atoms with Crippen molar-refractivity contribution in [2.45, 2.75) is 12.5 Å². The number of rotatable bonds is 3. The van der Waals surface area contributed by atoms with Crippen molar-refractivity contribution in [1.82, 2.24) is 19.8 Å². The molecule has 0 fully saturated rings. The summed E-state index contributed by atoms with van der Waals surface area (Å²) in [5.74, 6) is 2.33. The first kappa shape index (κ1) is 14.4. The lowest BCUT2D eigenvalue weighted by atomic mass is 10.1. The van der Waals surface area contributed by atoms with Crippen LogP contribution in [0, 0.1) is 0 Å². The van der Waals surface area contributed by atoms with Gasteiger partial charge in [0.15, 0.2) is 28.4 Å². The fourth-order valence-corrected chi connectivity index (χ4v) is 3.70. The van der Waals surface area contributed by atoms with E-state index >= 15 is 0 Å². The molecule has 3 heterocycles. The monoisotopic (exact) mass is 350 g/mol. The molecular weight excluding hydrogens is 336 g/mol. The zero-order valence-corrected chi connectivity index (χ0v) is 14.0. The average molecular weight is 350 g/mol. The van der Waals surface area contributed by atoms with Gasteiger partial charge in [0.05, 0.1) is 0 Å². The van der Waals surface area contributed by atoms with Crippen molar-refractivity contribution in [1.29, 1.82) is 0 Å². The molecule has 25 heavy (non-hydrogen) atoms. The van der Waals surface area contributed by atoms with Crippen LogP contribution < -0.4 is 9.47 Å². The van der Waals surface area contributed by atoms with E-state index in [1.54, 1.807) is 4.52 Å². The number of benzene rings is 2. The van der Waals surface area contributed by atoms with Crippen LogP contribution in [0.3, 0.4) is 0 Å². The number of nitrogens with zero attached hydrogens (tertiary/aromatic N) is 4. The molecule has 0 radical (unpaired) electrons. The standard InChI is InChI=1S/C18H14N4O2S/c1-2-6-12(7-3-1)10-16-19-20-18-22(16)21-17(25-18)15-11-23-13-8-4-5-9-14(13)24-15/h1-9,15H,10-11H2/t15-/m0/s1. The fourth-order valence-electron chi connectivity index (χ4n) is 2.83. The summed E-state index contributed by atoms with van der Waals surface area (Å²) in [7, 11) is 0. The summed E-state index contributed by atoms with van der Waals surface area (Å²) in [6, 6.07) is 17.9. The first-order valence-electron chi connectivity index (χ1n) is 8.00. The molecule has 0 saturated carbocycles. The third-order valence-electron chi connectivity index (χ3n) is 4.06. The summed E-state index contributed by atoms with van der Waals surface area (Å²) < 4.78 is 13.6. The Hall–Kier alpha value is -2.93. The number of hydrogen-bond donors (Lipinski definition) is 0. The van der Waals surface area contributed by atoms with E-state index in [4.69, 9.17) is 9.47 Å². The van der Waals surface area contributed by atoms with Crippen molar-refractivity contribution in [3.63, 3.8) is 0 Å². The Labute approximate surface area is 147 Å². The molecule has 0 bridgehead atoms. The van der Waals surface area contributed by atoms with Crippen LogP contribution in [0.1, 0.15) is 22.5 Å². The van der Waals surface area contributed by atoms with Crippen molar-refractivity contribution in [3.05, 3.63) is 71.0 Å². The molecule has 4 aromatic rings. The number of fused-ring (bicyclic) bond motifs is 2. The third-order valence-corrected chi connectivity index (χ3v) is 5.05. The maximum atomic E-state index is 6.04. The van der Waals surface area contributed by atoms with Crippen molar-refractivity contribution in [3.8, 4) is 11.5 Å². The molecular formula is C18H14N4O2S. The molecule has 124 valence electrons. The topological polar surface area (TPSA) is 61.5 Å². The van der Waals surface area contributed by atoms with E-state index in [1.807, 2.05) is 42.5 Å². The summed E-state index contributed by atoms with van der Waals surface area (Å²) in [5.41, 5.74) is 1.18. The summed E-state index contributed by atoms with van der Waals surface area (Å²) in [5, 5.41) is 14.0. The minimum Gasteiger partial charge on any atom is -0.485 e. The van der Waals surface area contributed by atoms with Gasteiger partial charge in [-0.05, 0) is 17.7 Å². The second-order valence-corrected chi connectivity index (χ2v) is 6.77. The highest BCUT2D eigenvalue weighted by Gasteiger charge is 2.26. The summed E-state index contributed by atoms with van der Waals surface area (Å²) in [6.07, 6.45) is 0.460. The SMILES string of the molecule is c1ccc(Cc2nnc3sc([C@@H]4COc5ccccc5O4)nn23)cc1. The molecule has 0 amide bonds. The van der Waals surface area contributed by atoms with Gasteiger partial charge < -0.3 is 9.47 Å². The Morgan fingerprint density at radius 1 is 1.00 bits per heavy atom. The molecule has 2 aromatic carbocycles. The van der Waals surface area contributed by atoms with Crippen molar-refractivity contribution < 1.29 is 9.47 Å². The van der Waals surface area contributed by atoms with Crippen LogP contribution in [0.25, 0.3) is 4.96 Å². The van der Waals surface area contributed by atoms with Crippen LogP contribution in [-0.4, -0.2) is 26.4 Å². The molecule has 1 atom stereocenters. The normalized spacial score (nSPS) is 16.2. The number of ether oxygens (including phenoxy) is 2. The van der Waals surface area contributed by atoms with E-state index in [-0.39, 0.29) is 6.10 Å². The molecule has 2 aromatic heterocycles. The second-order valence-electron chi connectivity index (χ2n) is 5.78. The van der Waals surface area contributed by atoms with Gasteiger partial charge in [0, 0.05) is 6.42 Å². The Kier molecular flexibility index (Phi) is 3.38. The Balaban J connectivity index is 1.44. The van der Waals surface area contributed by atoms with E-state index < -0.39 is 0 Å². The van der Waals surface area contributed by atoms with Crippen LogP contribution >= 0.6 is 11.3 Å². The summed E-state index contributed by atoms with van der Waals surface area (Å²) in [4.78, 5) is 0.767. The van der Waals surface area contributed by atoms with E-state index in [2.05, 4.69) is 27.4 Å². The van der Waals surface area contributed by atoms with Crippen LogP contribution in [-0.2, 0) is 6.42 Å². The van der Waals surface area contributed by atoms with Crippen LogP contribution in [0.5, 0.6) is 11.5 Å². The Bertz CT molecular complexity index is 1030. The van der Waals surface area contributed by atoms with Gasteiger partial charge in [-0.2, -0.15) is 9.61 Å². The van der Waals surface area contributed by atoms with Gasteiger partial charge in [-0.3, -0.25) is 0 Å². The molecule has 0 unspecified atom stereocenters. The third kappa shape index (κ3) is 2.62. The minimum atomic E-state index is -0.230. The largest absolute Gasteiger partial charge is 0.485 e. The van der Waals surface area contributed by atoms with Gasteiger partial charge in [0.25, 0.3) is 0 Å². The van der Waals surface area contributed by atoms with Crippen LogP contribution in [0.2, 0.25) is 0 Å². The quantitative estimate of drug-likeness (QED) is 0.567. The fraction of sp³-hybridized carbons (Fsp3) is 0.167. The highest BCUT2D eigenvalue weighted by atomic mass is 32.1.